The first kappa shape index (κ1) is 15.4. The first-order valence-electron chi connectivity index (χ1n) is 7.97. The summed E-state index contributed by atoms with van der Waals surface area (Å²) in [5, 5.41) is 3.39. The molecule has 0 amide bonds. The van der Waals surface area contributed by atoms with Crippen molar-refractivity contribution in [1.29, 1.82) is 0 Å². The summed E-state index contributed by atoms with van der Waals surface area (Å²) in [5.74, 6) is 0.198. The van der Waals surface area contributed by atoms with Crippen LogP contribution in [0.4, 0.5) is 13.2 Å². The molecule has 1 aromatic heterocycles. The number of benzene rings is 1. The lowest BCUT2D eigenvalue weighted by Crippen LogP contribution is -2.54. The quantitative estimate of drug-likeness (QED) is 0.870. The van der Waals surface area contributed by atoms with Crippen molar-refractivity contribution in [3.63, 3.8) is 0 Å². The molecule has 24 heavy (non-hydrogen) atoms. The summed E-state index contributed by atoms with van der Waals surface area (Å²) < 4.78 is 40.2. The molecule has 0 saturated carbocycles. The normalized spacial score (nSPS) is 26.0. The van der Waals surface area contributed by atoms with Crippen LogP contribution < -0.4 is 10.9 Å². The number of aromatic nitrogens is 1. The molecular weight excluding hydrogens is 317 g/mol. The lowest BCUT2D eigenvalue weighted by Gasteiger charge is -2.47. The van der Waals surface area contributed by atoms with E-state index in [1.54, 1.807) is 28.8 Å². The van der Waals surface area contributed by atoms with Gasteiger partial charge in [-0.3, -0.25) is 4.79 Å². The molecule has 2 atom stereocenters. The maximum atomic E-state index is 12.8. The summed E-state index contributed by atoms with van der Waals surface area (Å²) in [4.78, 5) is 12.2. The van der Waals surface area contributed by atoms with Crippen LogP contribution in [0.3, 0.4) is 0 Å². The Balaban J connectivity index is 1.77. The topological polar surface area (TPSA) is 34.0 Å². The van der Waals surface area contributed by atoms with E-state index in [1.807, 2.05) is 6.07 Å². The molecule has 2 aliphatic heterocycles. The van der Waals surface area contributed by atoms with Gasteiger partial charge in [0.15, 0.2) is 0 Å². The number of nitrogens with one attached hydrogen (secondary N) is 1. The third kappa shape index (κ3) is 2.36. The summed E-state index contributed by atoms with van der Waals surface area (Å²) in [7, 11) is 0. The molecule has 1 saturated heterocycles. The zero-order valence-corrected chi connectivity index (χ0v) is 12.9. The molecule has 0 unspecified atom stereocenters. The Hall–Kier alpha value is -2.08. The standard InChI is InChI=1S/C18H17F3N2O/c19-18(20,21)14-6-4-13(5-7-14)17-8-12(9-22-10-17)15-2-1-3-16(24)23(15)11-17/h1-7,12,22H,8-11H2/t12-,17-/m1/s1. The number of fused-ring (bicyclic) bond motifs is 4. The molecule has 0 radical (unpaired) electrons. The van der Waals surface area contributed by atoms with Crippen LogP contribution in [0.5, 0.6) is 0 Å². The molecule has 2 bridgehead atoms. The van der Waals surface area contributed by atoms with Gasteiger partial charge in [0.1, 0.15) is 0 Å². The summed E-state index contributed by atoms with van der Waals surface area (Å²) >= 11 is 0. The fourth-order valence-corrected chi connectivity index (χ4v) is 4.12. The number of hydrogen-bond acceptors (Lipinski definition) is 2. The van der Waals surface area contributed by atoms with E-state index in [0.29, 0.717) is 13.1 Å². The summed E-state index contributed by atoms with van der Waals surface area (Å²) in [5.41, 5.74) is 0.837. The first-order chi connectivity index (χ1) is 11.4. The van der Waals surface area contributed by atoms with Crippen LogP contribution in [0.15, 0.2) is 47.3 Å². The SMILES string of the molecule is O=c1cccc2n1C[C@]1(c3ccc(C(F)(F)F)cc3)CNC[C@H]2C1. The summed E-state index contributed by atoms with van der Waals surface area (Å²) in [6, 6.07) is 10.7. The van der Waals surface area contributed by atoms with Crippen LogP contribution in [-0.4, -0.2) is 17.7 Å². The molecular formula is C18H17F3N2O. The third-order valence-corrected chi connectivity index (χ3v) is 5.28. The van der Waals surface area contributed by atoms with Gasteiger partial charge >= 0.3 is 6.18 Å². The predicted molar refractivity (Wildman–Crippen MR) is 84.1 cm³/mol. The van der Waals surface area contributed by atoms with Crippen LogP contribution in [0.2, 0.25) is 0 Å². The molecule has 4 rings (SSSR count). The fraction of sp³-hybridized carbons (Fsp3) is 0.389. The van der Waals surface area contributed by atoms with Crippen LogP contribution >= 0.6 is 0 Å². The van der Waals surface area contributed by atoms with Gasteiger partial charge in [-0.2, -0.15) is 13.2 Å². The van der Waals surface area contributed by atoms with Crippen molar-refractivity contribution in [3.8, 4) is 0 Å². The molecule has 3 nitrogen and oxygen atoms in total. The van der Waals surface area contributed by atoms with Crippen molar-refractivity contribution >= 4 is 0 Å². The lowest BCUT2D eigenvalue weighted by molar-refractivity contribution is -0.137. The predicted octanol–water partition coefficient (Wildman–Crippen LogP) is 2.90. The van der Waals surface area contributed by atoms with E-state index >= 15 is 0 Å². The molecule has 3 heterocycles. The Morgan fingerprint density at radius 1 is 1.12 bits per heavy atom. The zero-order valence-electron chi connectivity index (χ0n) is 12.9. The lowest BCUT2D eigenvalue weighted by atomic mass is 9.68. The average molecular weight is 334 g/mol. The van der Waals surface area contributed by atoms with Crippen molar-refractivity contribution < 1.29 is 13.2 Å². The Bertz CT molecular complexity index is 825. The van der Waals surface area contributed by atoms with Gasteiger partial charge in [0.05, 0.1) is 5.56 Å². The van der Waals surface area contributed by atoms with Gasteiger partial charge in [0.2, 0.25) is 0 Å². The molecule has 2 aromatic rings. The van der Waals surface area contributed by atoms with Crippen LogP contribution in [0, 0.1) is 0 Å². The number of hydrogen-bond donors (Lipinski definition) is 1. The number of alkyl halides is 3. The molecule has 126 valence electrons. The minimum Gasteiger partial charge on any atom is -0.315 e. The van der Waals surface area contributed by atoms with E-state index in [0.717, 1.165) is 36.4 Å². The fourth-order valence-electron chi connectivity index (χ4n) is 4.12. The molecule has 1 aromatic carbocycles. The Labute approximate surface area is 137 Å². The van der Waals surface area contributed by atoms with Crippen molar-refractivity contribution in [2.24, 2.45) is 0 Å². The molecule has 1 N–H and O–H groups in total. The first-order valence-corrected chi connectivity index (χ1v) is 7.97. The van der Waals surface area contributed by atoms with Gasteiger partial charge in [-0.1, -0.05) is 18.2 Å². The Kier molecular flexibility index (Phi) is 3.35. The molecule has 0 spiro atoms. The molecule has 1 fully saturated rings. The van der Waals surface area contributed by atoms with Crippen LogP contribution in [0.25, 0.3) is 0 Å². The van der Waals surface area contributed by atoms with Crippen LogP contribution in [-0.2, 0) is 18.1 Å². The van der Waals surface area contributed by atoms with Crippen molar-refractivity contribution in [2.75, 3.05) is 13.1 Å². The highest BCUT2D eigenvalue weighted by Crippen LogP contribution is 2.43. The second kappa shape index (κ2) is 5.21. The second-order valence-electron chi connectivity index (χ2n) is 6.76. The smallest absolute Gasteiger partial charge is 0.315 e. The van der Waals surface area contributed by atoms with Gasteiger partial charge in [-0.05, 0) is 30.2 Å². The molecule has 6 heteroatoms. The largest absolute Gasteiger partial charge is 0.416 e. The summed E-state index contributed by atoms with van der Waals surface area (Å²) in [6.45, 7) is 1.94. The maximum Gasteiger partial charge on any atom is 0.416 e. The average Bonchev–Trinajstić information content (AvgIpc) is 2.56. The number of piperidine rings is 1. The van der Waals surface area contributed by atoms with Gasteiger partial charge in [0, 0.05) is 42.7 Å². The minimum absolute atomic E-state index is 0.0459. The van der Waals surface area contributed by atoms with Crippen LogP contribution in [0.1, 0.15) is 29.2 Å². The second-order valence-corrected chi connectivity index (χ2v) is 6.76. The van der Waals surface area contributed by atoms with E-state index in [-0.39, 0.29) is 16.9 Å². The number of rotatable bonds is 1. The van der Waals surface area contributed by atoms with Gasteiger partial charge < -0.3 is 9.88 Å². The zero-order chi connectivity index (χ0) is 16.9. The number of halogens is 3. The van der Waals surface area contributed by atoms with Gasteiger partial charge in [-0.25, -0.2) is 0 Å². The highest BCUT2D eigenvalue weighted by Gasteiger charge is 2.43. The maximum absolute atomic E-state index is 12.8. The van der Waals surface area contributed by atoms with Gasteiger partial charge in [0.25, 0.3) is 5.56 Å². The van der Waals surface area contributed by atoms with Crippen molar-refractivity contribution in [2.45, 2.75) is 30.5 Å². The highest BCUT2D eigenvalue weighted by molar-refractivity contribution is 5.35. The summed E-state index contributed by atoms with van der Waals surface area (Å²) in [6.07, 6.45) is -3.49. The number of pyridine rings is 1. The Morgan fingerprint density at radius 2 is 1.88 bits per heavy atom. The van der Waals surface area contributed by atoms with Crippen molar-refractivity contribution in [3.05, 3.63) is 69.6 Å². The molecule has 0 aliphatic carbocycles. The Morgan fingerprint density at radius 3 is 2.58 bits per heavy atom. The van der Waals surface area contributed by atoms with E-state index in [2.05, 4.69) is 5.32 Å². The van der Waals surface area contributed by atoms with E-state index < -0.39 is 11.7 Å². The van der Waals surface area contributed by atoms with E-state index in [4.69, 9.17) is 0 Å². The highest BCUT2D eigenvalue weighted by atomic mass is 19.4. The van der Waals surface area contributed by atoms with Gasteiger partial charge in [-0.15, -0.1) is 0 Å². The van der Waals surface area contributed by atoms with E-state index in [9.17, 15) is 18.0 Å². The van der Waals surface area contributed by atoms with E-state index in [1.165, 1.54) is 0 Å². The van der Waals surface area contributed by atoms with Crippen molar-refractivity contribution in [1.82, 2.24) is 9.88 Å². The molecule has 2 aliphatic rings. The third-order valence-electron chi connectivity index (χ3n) is 5.28. The minimum atomic E-state index is -4.33. The monoisotopic (exact) mass is 334 g/mol. The number of nitrogens with zero attached hydrogens (tertiary/aromatic N) is 1.